The number of hydroxylamine groups is 4. The van der Waals surface area contributed by atoms with Crippen molar-refractivity contribution in [2.75, 3.05) is 119 Å². The van der Waals surface area contributed by atoms with Gasteiger partial charge in [-0.3, -0.25) is 67.5 Å². The van der Waals surface area contributed by atoms with E-state index >= 15 is 0 Å². The van der Waals surface area contributed by atoms with Gasteiger partial charge in [-0.05, 0) is 126 Å². The molecule has 11 amide bonds. The first-order chi connectivity index (χ1) is 46.8. The molecule has 0 aromatic heterocycles. The molecule has 32 nitrogen and oxygen atoms in total. The number of aliphatic hydroxyl groups is 4. The van der Waals surface area contributed by atoms with Crippen LogP contribution in [0, 0.1) is 10.8 Å². The van der Waals surface area contributed by atoms with Gasteiger partial charge in [0.15, 0.2) is 0 Å². The first-order valence-corrected chi connectivity index (χ1v) is 34.0. The summed E-state index contributed by atoms with van der Waals surface area (Å²) in [4.78, 5) is 168. The minimum Gasteiger partial charge on any atom is -0.412 e. The Morgan fingerprint density at radius 1 is 0.408 bits per heavy atom. The Balaban J connectivity index is 0.000000671. The maximum absolute atomic E-state index is 12.1. The van der Waals surface area contributed by atoms with Gasteiger partial charge < -0.3 is 70.5 Å². The smallest absolute Gasteiger partial charge is 0.333 e. The van der Waals surface area contributed by atoms with Gasteiger partial charge in [0.25, 0.3) is 47.3 Å². The number of ether oxygens (including phenoxy) is 4. The summed E-state index contributed by atoms with van der Waals surface area (Å²) in [6, 6.07) is 0. The lowest BCUT2D eigenvalue weighted by atomic mass is 9.72. The van der Waals surface area contributed by atoms with Gasteiger partial charge in [-0.25, -0.2) is 9.59 Å². The van der Waals surface area contributed by atoms with Crippen LogP contribution in [0.3, 0.4) is 0 Å². The molecule has 0 spiro atoms. The molecular weight excluding hydrogens is 1290 g/mol. The minimum atomic E-state index is -0.750. The SMILES string of the molecule is O.O=C(CCCC(=O)ON1C(=O)CCC1=O)NCCOCCCC(CCCO)(CCCO)CCCOCCNC(=O)CCCC(=O)ON1C(=O)CCC1=O.O=C(CCN1C(=O)C=CC1=O)NCCOCCCC(CCCO)(CCCO)CCCOCCN=CCCN1C(=O)C=CC1=O. The number of nitrogens with zero attached hydrogens (tertiary/aromatic N) is 5. The topological polar surface area (TPSA) is 451 Å². The fraction of sp³-hybridized carbons (Fsp3) is 0.727. The zero-order valence-corrected chi connectivity index (χ0v) is 56.7. The Morgan fingerprint density at radius 2 is 0.714 bits per heavy atom. The summed E-state index contributed by atoms with van der Waals surface area (Å²) in [7, 11) is 0. The highest BCUT2D eigenvalue weighted by atomic mass is 16.7. The van der Waals surface area contributed by atoms with Crippen molar-refractivity contribution in [1.29, 1.82) is 0 Å². The Kier molecular flexibility index (Phi) is 45.9. The first kappa shape index (κ1) is 86.8. The summed E-state index contributed by atoms with van der Waals surface area (Å²) < 4.78 is 22.9. The Labute approximate surface area is 572 Å². The van der Waals surface area contributed by atoms with E-state index in [1.165, 1.54) is 29.2 Å². The number of hydrogen-bond acceptors (Lipinski definition) is 24. The van der Waals surface area contributed by atoms with E-state index in [0.29, 0.717) is 115 Å². The number of imide groups is 4. The van der Waals surface area contributed by atoms with Crippen molar-refractivity contribution in [3.8, 4) is 0 Å². The molecule has 2 fully saturated rings. The van der Waals surface area contributed by atoms with Crippen LogP contribution in [0.5, 0.6) is 0 Å². The minimum absolute atomic E-state index is 0. The highest BCUT2D eigenvalue weighted by molar-refractivity contribution is 6.13. The number of carbonyl (C=O) groups is 13. The fourth-order valence-electron chi connectivity index (χ4n) is 11.4. The molecule has 0 atom stereocenters. The quantitative estimate of drug-likeness (QED) is 0.0254. The second-order valence-corrected chi connectivity index (χ2v) is 24.0. The van der Waals surface area contributed by atoms with Crippen LogP contribution in [0.25, 0.3) is 0 Å². The van der Waals surface area contributed by atoms with E-state index < -0.39 is 47.4 Å². The zero-order chi connectivity index (χ0) is 70.9. The molecule has 32 heteroatoms. The lowest BCUT2D eigenvalue weighted by Gasteiger charge is -2.34. The second kappa shape index (κ2) is 51.8. The second-order valence-electron chi connectivity index (χ2n) is 24.0. The van der Waals surface area contributed by atoms with Crippen LogP contribution in [0.2, 0.25) is 0 Å². The summed E-state index contributed by atoms with van der Waals surface area (Å²) in [6.45, 7) is 5.53. The average Bonchev–Trinajstić information content (AvgIpc) is 1.21. The number of rotatable bonds is 56. The molecule has 2 saturated heterocycles. The van der Waals surface area contributed by atoms with E-state index in [-0.39, 0.29) is 163 Å². The molecule has 554 valence electrons. The lowest BCUT2D eigenvalue weighted by molar-refractivity contribution is -0.197. The van der Waals surface area contributed by atoms with Gasteiger partial charge in [-0.15, -0.1) is 10.1 Å². The van der Waals surface area contributed by atoms with Crippen LogP contribution in [0.15, 0.2) is 29.3 Å². The van der Waals surface area contributed by atoms with Crippen molar-refractivity contribution in [2.45, 2.75) is 180 Å². The predicted molar refractivity (Wildman–Crippen MR) is 349 cm³/mol. The summed E-state index contributed by atoms with van der Waals surface area (Å²) in [5.74, 6) is -5.91. The van der Waals surface area contributed by atoms with Crippen LogP contribution in [-0.2, 0) is 91.0 Å². The lowest BCUT2D eigenvalue weighted by Crippen LogP contribution is -2.35. The Hall–Kier alpha value is -7.30. The monoisotopic (exact) mass is 1390 g/mol. The highest BCUT2D eigenvalue weighted by Crippen LogP contribution is 2.41. The predicted octanol–water partition coefficient (Wildman–Crippen LogP) is 1.00. The van der Waals surface area contributed by atoms with Gasteiger partial charge in [0, 0.05) is 180 Å². The summed E-state index contributed by atoms with van der Waals surface area (Å²) in [5, 5.41) is 47.2. The molecule has 98 heavy (non-hydrogen) atoms. The maximum atomic E-state index is 12.1. The molecule has 4 heterocycles. The molecule has 0 aliphatic carbocycles. The van der Waals surface area contributed by atoms with Crippen LogP contribution >= 0.6 is 0 Å². The molecule has 4 aliphatic rings. The normalized spacial score (nSPS) is 14.7. The van der Waals surface area contributed by atoms with E-state index in [9.17, 15) is 82.8 Å². The van der Waals surface area contributed by atoms with Gasteiger partial charge in [0.2, 0.25) is 17.7 Å². The van der Waals surface area contributed by atoms with Crippen molar-refractivity contribution < 1.29 is 117 Å². The van der Waals surface area contributed by atoms with E-state index in [0.717, 1.165) is 81.9 Å². The molecule has 4 aliphatic heterocycles. The van der Waals surface area contributed by atoms with Crippen LogP contribution in [0.4, 0.5) is 0 Å². The number of carbonyl (C=O) groups excluding carboxylic acids is 13. The third kappa shape index (κ3) is 36.5. The molecular formula is C66H106N8O24. The molecule has 9 N–H and O–H groups in total. The number of nitrogens with one attached hydrogen (secondary N) is 3. The zero-order valence-electron chi connectivity index (χ0n) is 56.7. The molecule has 0 bridgehead atoms. The standard InChI is InChI=1S/C35H56N4O14.C31H48N4O9.H2O/c40-21-3-15-35(16-4-22-41,17-5-23-50-25-19-36-27(42)7-1-9-33(48)52-38-29(44)11-12-30(38)45)18-6-24-51-26-20-37-28(43)8-2-10-34(49)53-39-31(46)13-14-32(39)47;36-20-1-11-31(12-2-21-37,13-3-22-43-24-16-32-15-5-18-34-27(39)6-7-28(34)40)14-4-23-44-25-17-33-26(38)10-19-35-29(41)8-9-30(35)42;/h40-41H,1-26H2,(H,36,42)(H,37,43);6-9,15,36-37H,1-5,10-14,16-25H2,(H,33,38);1H2. The third-order valence-electron chi connectivity index (χ3n) is 16.5. The van der Waals surface area contributed by atoms with Gasteiger partial charge in [0.05, 0.1) is 33.0 Å². The average molecular weight is 1400 g/mol. The molecule has 0 radical (unpaired) electrons. The molecule has 0 unspecified atom stereocenters. The van der Waals surface area contributed by atoms with Gasteiger partial charge >= 0.3 is 11.9 Å². The summed E-state index contributed by atoms with van der Waals surface area (Å²) in [6.07, 6.45) is 20.0. The van der Waals surface area contributed by atoms with E-state index in [1.54, 1.807) is 6.21 Å². The molecule has 0 aromatic rings. The summed E-state index contributed by atoms with van der Waals surface area (Å²) in [5.41, 5.74) is -0.156. The van der Waals surface area contributed by atoms with Crippen LogP contribution < -0.4 is 16.0 Å². The number of amides is 11. The highest BCUT2D eigenvalue weighted by Gasteiger charge is 2.35. The van der Waals surface area contributed by atoms with E-state index in [2.05, 4.69) is 20.9 Å². The van der Waals surface area contributed by atoms with E-state index in [1.807, 2.05) is 0 Å². The van der Waals surface area contributed by atoms with Crippen molar-refractivity contribution in [2.24, 2.45) is 15.8 Å². The largest absolute Gasteiger partial charge is 0.412 e. The van der Waals surface area contributed by atoms with Gasteiger partial charge in [0.1, 0.15) is 0 Å². The molecule has 0 aromatic carbocycles. The summed E-state index contributed by atoms with van der Waals surface area (Å²) >= 11 is 0. The Morgan fingerprint density at radius 3 is 1.05 bits per heavy atom. The number of aliphatic imine (C=N–C) groups is 1. The van der Waals surface area contributed by atoms with Gasteiger partial charge in [-0.1, -0.05) is 0 Å². The Bertz CT molecular complexity index is 2430. The first-order valence-electron chi connectivity index (χ1n) is 34.0. The fourth-order valence-corrected chi connectivity index (χ4v) is 11.4. The van der Waals surface area contributed by atoms with Crippen molar-refractivity contribution in [3.63, 3.8) is 0 Å². The number of hydrogen-bond donors (Lipinski definition) is 7. The van der Waals surface area contributed by atoms with Crippen molar-refractivity contribution in [1.82, 2.24) is 35.9 Å². The maximum Gasteiger partial charge on any atom is 0.333 e. The van der Waals surface area contributed by atoms with E-state index in [4.69, 9.17) is 28.6 Å². The van der Waals surface area contributed by atoms with Crippen LogP contribution in [-0.4, -0.2) is 248 Å². The third-order valence-corrected chi connectivity index (χ3v) is 16.5. The van der Waals surface area contributed by atoms with Gasteiger partial charge in [-0.2, -0.15) is 0 Å². The van der Waals surface area contributed by atoms with Crippen LogP contribution in [0.1, 0.15) is 180 Å². The van der Waals surface area contributed by atoms with Crippen molar-refractivity contribution >= 4 is 83.1 Å². The molecule has 0 saturated carbocycles. The molecule has 4 rings (SSSR count). The van der Waals surface area contributed by atoms with Crippen molar-refractivity contribution in [3.05, 3.63) is 24.3 Å². The number of aliphatic hydroxyl groups excluding tert-OH is 4.